The maximum absolute atomic E-state index is 12.7. The highest BCUT2D eigenvalue weighted by molar-refractivity contribution is 5.87. The second-order valence-electron chi connectivity index (χ2n) is 7.03. The van der Waals surface area contributed by atoms with Gasteiger partial charge < -0.3 is 5.32 Å². The van der Waals surface area contributed by atoms with E-state index in [1.165, 1.54) is 4.57 Å². The molecule has 29 heavy (non-hydrogen) atoms. The smallest absolute Gasteiger partial charge is 0.348 e. The summed E-state index contributed by atoms with van der Waals surface area (Å²) in [6.45, 7) is 3.68. The van der Waals surface area contributed by atoms with E-state index in [4.69, 9.17) is 4.52 Å². The van der Waals surface area contributed by atoms with E-state index >= 15 is 0 Å². The monoisotopic (exact) mass is 387 g/mol. The quantitative estimate of drug-likeness (QED) is 0.564. The van der Waals surface area contributed by atoms with Crippen LogP contribution in [0.15, 0.2) is 76.0 Å². The molecule has 0 saturated heterocycles. The number of aryl methyl sites for hydroxylation is 1. The molecule has 1 aromatic heterocycles. The van der Waals surface area contributed by atoms with Gasteiger partial charge in [0.2, 0.25) is 5.91 Å². The first-order valence-electron chi connectivity index (χ1n) is 9.44. The molecule has 0 radical (unpaired) electrons. The van der Waals surface area contributed by atoms with Crippen LogP contribution >= 0.6 is 0 Å². The van der Waals surface area contributed by atoms with Crippen LogP contribution in [0.1, 0.15) is 24.1 Å². The van der Waals surface area contributed by atoms with Crippen LogP contribution < -0.4 is 11.1 Å². The van der Waals surface area contributed by atoms with Gasteiger partial charge in [-0.2, -0.15) is 0 Å². The minimum atomic E-state index is -0.656. The molecular formula is C23H21N3O3. The van der Waals surface area contributed by atoms with Crippen molar-refractivity contribution in [3.63, 3.8) is 0 Å². The van der Waals surface area contributed by atoms with Gasteiger partial charge in [0.25, 0.3) is 0 Å². The van der Waals surface area contributed by atoms with Crippen molar-refractivity contribution in [2.45, 2.75) is 26.4 Å². The second-order valence-corrected chi connectivity index (χ2v) is 7.03. The number of hydrogen-bond donors (Lipinski definition) is 1. The van der Waals surface area contributed by atoms with Gasteiger partial charge in [-0.15, -0.1) is 0 Å². The van der Waals surface area contributed by atoms with E-state index in [2.05, 4.69) is 10.5 Å². The lowest BCUT2D eigenvalue weighted by atomic mass is 10.00. The van der Waals surface area contributed by atoms with Gasteiger partial charge in [-0.25, -0.2) is 9.36 Å². The molecule has 0 fully saturated rings. The molecule has 0 aliphatic rings. The molecule has 0 saturated carbocycles. The highest BCUT2D eigenvalue weighted by Crippen LogP contribution is 2.24. The number of rotatable bonds is 5. The zero-order chi connectivity index (χ0) is 20.4. The molecular weight excluding hydrogens is 366 g/mol. The van der Waals surface area contributed by atoms with E-state index in [1.807, 2.05) is 80.6 Å². The van der Waals surface area contributed by atoms with Gasteiger partial charge in [-0.05, 0) is 35.7 Å². The third-order valence-corrected chi connectivity index (χ3v) is 5.04. The predicted octanol–water partition coefficient (Wildman–Crippen LogP) is 3.84. The standard InChI is InChI=1S/C23H21N3O3/c1-15-8-3-5-11-18(15)22-25-29-23(28)26(22)14-21(27)24-16(2)19-13-7-10-17-9-4-6-12-20(17)19/h3-13,16H,14H2,1-2H3,(H,24,27). The zero-order valence-electron chi connectivity index (χ0n) is 16.3. The van der Waals surface area contributed by atoms with Gasteiger partial charge >= 0.3 is 5.76 Å². The highest BCUT2D eigenvalue weighted by Gasteiger charge is 2.19. The summed E-state index contributed by atoms with van der Waals surface area (Å²) >= 11 is 0. The Hall–Kier alpha value is -3.67. The fraction of sp³-hybridized carbons (Fsp3) is 0.174. The van der Waals surface area contributed by atoms with E-state index in [-0.39, 0.29) is 18.5 Å². The van der Waals surface area contributed by atoms with Gasteiger partial charge in [-0.3, -0.25) is 9.32 Å². The Balaban J connectivity index is 1.57. The molecule has 0 aliphatic heterocycles. The number of carbonyl (C=O) groups is 1. The number of amides is 1. The van der Waals surface area contributed by atoms with Crippen LogP contribution in [0, 0.1) is 6.92 Å². The number of carbonyl (C=O) groups excluding carboxylic acids is 1. The van der Waals surface area contributed by atoms with Crippen LogP contribution in [0.5, 0.6) is 0 Å². The molecule has 6 heteroatoms. The third-order valence-electron chi connectivity index (χ3n) is 5.04. The summed E-state index contributed by atoms with van der Waals surface area (Å²) in [4.78, 5) is 24.9. The minimum Gasteiger partial charge on any atom is -0.348 e. The SMILES string of the molecule is Cc1ccccc1-c1noc(=O)n1CC(=O)NC(C)c1cccc2ccccc12. The van der Waals surface area contributed by atoms with Gasteiger partial charge in [0.1, 0.15) is 6.54 Å². The maximum atomic E-state index is 12.7. The van der Waals surface area contributed by atoms with Crippen molar-refractivity contribution in [3.8, 4) is 11.4 Å². The van der Waals surface area contributed by atoms with Crippen molar-refractivity contribution >= 4 is 16.7 Å². The lowest BCUT2D eigenvalue weighted by Gasteiger charge is -2.17. The van der Waals surface area contributed by atoms with Crippen LogP contribution in [0.2, 0.25) is 0 Å². The van der Waals surface area contributed by atoms with Crippen LogP contribution in [-0.4, -0.2) is 15.6 Å². The summed E-state index contributed by atoms with van der Waals surface area (Å²) in [7, 11) is 0. The molecule has 1 amide bonds. The lowest BCUT2D eigenvalue weighted by Crippen LogP contribution is -2.33. The number of nitrogens with zero attached hydrogens (tertiary/aromatic N) is 2. The molecule has 1 heterocycles. The van der Waals surface area contributed by atoms with Crippen LogP contribution in [0.25, 0.3) is 22.2 Å². The van der Waals surface area contributed by atoms with Crippen molar-refractivity contribution in [2.24, 2.45) is 0 Å². The van der Waals surface area contributed by atoms with E-state index in [9.17, 15) is 9.59 Å². The Morgan fingerprint density at radius 1 is 1.07 bits per heavy atom. The Kier molecular flexibility index (Phi) is 4.99. The molecule has 1 atom stereocenters. The summed E-state index contributed by atoms with van der Waals surface area (Å²) in [5.41, 5.74) is 2.72. The molecule has 0 bridgehead atoms. The van der Waals surface area contributed by atoms with Gasteiger partial charge in [0.15, 0.2) is 5.82 Å². The number of fused-ring (bicyclic) bond motifs is 1. The normalized spacial score (nSPS) is 12.1. The van der Waals surface area contributed by atoms with Crippen LogP contribution in [0.4, 0.5) is 0 Å². The van der Waals surface area contributed by atoms with E-state index < -0.39 is 5.76 Å². The van der Waals surface area contributed by atoms with Crippen molar-refractivity contribution in [1.29, 1.82) is 0 Å². The van der Waals surface area contributed by atoms with Crippen molar-refractivity contribution < 1.29 is 9.32 Å². The number of benzene rings is 3. The van der Waals surface area contributed by atoms with E-state index in [0.29, 0.717) is 5.82 Å². The first kappa shape index (κ1) is 18.7. The molecule has 6 nitrogen and oxygen atoms in total. The number of aromatic nitrogens is 2. The van der Waals surface area contributed by atoms with Crippen LogP contribution in [-0.2, 0) is 11.3 Å². The van der Waals surface area contributed by atoms with Crippen molar-refractivity contribution in [1.82, 2.24) is 15.0 Å². The summed E-state index contributed by atoms with van der Waals surface area (Å²) in [5.74, 6) is -0.595. The second kappa shape index (κ2) is 7.75. The lowest BCUT2D eigenvalue weighted by molar-refractivity contribution is -0.122. The average molecular weight is 387 g/mol. The fourth-order valence-electron chi connectivity index (χ4n) is 3.56. The molecule has 1 N–H and O–H groups in total. The summed E-state index contributed by atoms with van der Waals surface area (Å²) in [6, 6.07) is 21.4. The number of nitrogens with one attached hydrogen (secondary N) is 1. The Labute approximate surface area is 167 Å². The Morgan fingerprint density at radius 2 is 1.79 bits per heavy atom. The molecule has 3 aromatic carbocycles. The van der Waals surface area contributed by atoms with Crippen LogP contribution in [0.3, 0.4) is 0 Å². The molecule has 4 aromatic rings. The highest BCUT2D eigenvalue weighted by atomic mass is 16.5. The number of hydrogen-bond acceptors (Lipinski definition) is 4. The molecule has 0 spiro atoms. The predicted molar refractivity (Wildman–Crippen MR) is 111 cm³/mol. The average Bonchev–Trinajstić information content (AvgIpc) is 3.08. The van der Waals surface area contributed by atoms with Crippen molar-refractivity contribution in [3.05, 3.63) is 88.4 Å². The Bertz CT molecular complexity index is 1230. The third kappa shape index (κ3) is 3.69. The first-order valence-corrected chi connectivity index (χ1v) is 9.44. The summed E-state index contributed by atoms with van der Waals surface area (Å²) in [5, 5.41) is 9.06. The van der Waals surface area contributed by atoms with E-state index in [0.717, 1.165) is 27.5 Å². The van der Waals surface area contributed by atoms with Gasteiger partial charge in [-0.1, -0.05) is 71.9 Å². The molecule has 0 aliphatic carbocycles. The summed E-state index contributed by atoms with van der Waals surface area (Å²) < 4.78 is 6.09. The van der Waals surface area contributed by atoms with Crippen molar-refractivity contribution in [2.75, 3.05) is 0 Å². The zero-order valence-corrected chi connectivity index (χ0v) is 16.3. The molecule has 146 valence electrons. The summed E-state index contributed by atoms with van der Waals surface area (Å²) in [6.07, 6.45) is 0. The van der Waals surface area contributed by atoms with E-state index in [1.54, 1.807) is 0 Å². The first-order chi connectivity index (χ1) is 14.0. The Morgan fingerprint density at radius 3 is 2.62 bits per heavy atom. The fourth-order valence-corrected chi connectivity index (χ4v) is 3.56. The van der Waals surface area contributed by atoms with Gasteiger partial charge in [0, 0.05) is 5.56 Å². The molecule has 1 unspecified atom stereocenters. The van der Waals surface area contributed by atoms with Gasteiger partial charge in [0.05, 0.1) is 6.04 Å². The topological polar surface area (TPSA) is 77.1 Å². The minimum absolute atomic E-state index is 0.166. The molecule has 4 rings (SSSR count). The maximum Gasteiger partial charge on any atom is 0.442 e. The largest absolute Gasteiger partial charge is 0.442 e.